The van der Waals surface area contributed by atoms with Gasteiger partial charge in [-0.15, -0.1) is 0 Å². The van der Waals surface area contributed by atoms with Crippen LogP contribution in [0.3, 0.4) is 0 Å². The van der Waals surface area contributed by atoms with Crippen LogP contribution in [0.25, 0.3) is 10.9 Å². The maximum Gasteiger partial charge on any atom is 0.261 e. The van der Waals surface area contributed by atoms with Crippen LogP contribution in [-0.2, 0) is 9.53 Å². The number of aromatic nitrogens is 1. The predicted octanol–water partition coefficient (Wildman–Crippen LogP) is 4.90. The summed E-state index contributed by atoms with van der Waals surface area (Å²) < 4.78 is 5.66. The van der Waals surface area contributed by atoms with Gasteiger partial charge in [-0.25, -0.2) is 0 Å². The van der Waals surface area contributed by atoms with Gasteiger partial charge in [0.1, 0.15) is 0 Å². The Bertz CT molecular complexity index is 915. The van der Waals surface area contributed by atoms with E-state index in [2.05, 4.69) is 4.98 Å². The van der Waals surface area contributed by atoms with Crippen LogP contribution in [0.15, 0.2) is 66.9 Å². The van der Waals surface area contributed by atoms with Gasteiger partial charge in [-0.1, -0.05) is 61.4 Å². The number of carbonyl (C=O) groups excluding carboxylic acids is 1. The molecule has 1 heterocycles. The van der Waals surface area contributed by atoms with E-state index in [4.69, 9.17) is 4.74 Å². The van der Waals surface area contributed by atoms with Gasteiger partial charge < -0.3 is 9.64 Å². The molecule has 1 fully saturated rings. The Hall–Kier alpha value is -2.72. The van der Waals surface area contributed by atoms with Gasteiger partial charge in [0.05, 0.1) is 11.2 Å². The standard InChI is InChI=1S/C23H24N2O2/c1-27-22(18-9-3-2-4-10-18)23(26)25(19-13-5-6-14-19)20-15-7-11-17-12-8-16-24-21(17)20/h2-4,7-12,15-16,19,22H,5-6,13-14H2,1H3. The van der Waals surface area contributed by atoms with Gasteiger partial charge in [0, 0.05) is 24.7 Å². The van der Waals surface area contributed by atoms with Gasteiger partial charge in [-0.05, 0) is 30.5 Å². The molecule has 4 rings (SSSR count). The Labute approximate surface area is 159 Å². The van der Waals surface area contributed by atoms with Gasteiger partial charge in [0.25, 0.3) is 5.91 Å². The number of carbonyl (C=O) groups is 1. The summed E-state index contributed by atoms with van der Waals surface area (Å²) in [5, 5.41) is 1.04. The maximum absolute atomic E-state index is 13.7. The number of para-hydroxylation sites is 1. The fourth-order valence-electron chi connectivity index (χ4n) is 4.07. The molecule has 0 spiro atoms. The van der Waals surface area contributed by atoms with Crippen molar-refractivity contribution in [1.29, 1.82) is 0 Å². The molecule has 3 aromatic rings. The molecule has 1 unspecified atom stereocenters. The van der Waals surface area contributed by atoms with Gasteiger partial charge in [-0.3, -0.25) is 9.78 Å². The van der Waals surface area contributed by atoms with E-state index in [1.54, 1.807) is 13.3 Å². The van der Waals surface area contributed by atoms with Crippen LogP contribution in [0.1, 0.15) is 37.4 Å². The summed E-state index contributed by atoms with van der Waals surface area (Å²) >= 11 is 0. The number of benzene rings is 2. The van der Waals surface area contributed by atoms with E-state index in [-0.39, 0.29) is 11.9 Å². The Morgan fingerprint density at radius 3 is 2.52 bits per heavy atom. The number of amides is 1. The molecule has 2 aromatic carbocycles. The van der Waals surface area contributed by atoms with Crippen molar-refractivity contribution >= 4 is 22.5 Å². The fourth-order valence-corrected chi connectivity index (χ4v) is 4.07. The second-order valence-corrected chi connectivity index (χ2v) is 7.03. The molecular formula is C23H24N2O2. The molecule has 1 amide bonds. The maximum atomic E-state index is 13.7. The van der Waals surface area contributed by atoms with E-state index in [1.807, 2.05) is 65.6 Å². The van der Waals surface area contributed by atoms with Crippen molar-refractivity contribution in [3.8, 4) is 0 Å². The molecule has 0 aliphatic heterocycles. The number of ether oxygens (including phenoxy) is 1. The molecule has 0 bridgehead atoms. The zero-order valence-electron chi connectivity index (χ0n) is 15.5. The summed E-state index contributed by atoms with van der Waals surface area (Å²) in [4.78, 5) is 20.2. The lowest BCUT2D eigenvalue weighted by atomic mass is 10.0. The molecule has 4 nitrogen and oxygen atoms in total. The molecular weight excluding hydrogens is 336 g/mol. The molecule has 0 N–H and O–H groups in total. The third-order valence-electron chi connectivity index (χ3n) is 5.36. The minimum atomic E-state index is -0.620. The smallest absolute Gasteiger partial charge is 0.261 e. The summed E-state index contributed by atoms with van der Waals surface area (Å²) in [6.07, 6.45) is 5.49. The van der Waals surface area contributed by atoms with Gasteiger partial charge >= 0.3 is 0 Å². The fraction of sp³-hybridized carbons (Fsp3) is 0.304. The Balaban J connectivity index is 1.80. The molecule has 1 aromatic heterocycles. The second-order valence-electron chi connectivity index (χ2n) is 7.03. The van der Waals surface area contributed by atoms with Gasteiger partial charge in [0.2, 0.25) is 0 Å². The van der Waals surface area contributed by atoms with E-state index in [0.29, 0.717) is 0 Å². The zero-order chi connectivity index (χ0) is 18.6. The van der Waals surface area contributed by atoms with E-state index >= 15 is 0 Å². The van der Waals surface area contributed by atoms with Crippen LogP contribution in [0.5, 0.6) is 0 Å². The predicted molar refractivity (Wildman–Crippen MR) is 108 cm³/mol. The second kappa shape index (κ2) is 7.89. The monoisotopic (exact) mass is 360 g/mol. The summed E-state index contributed by atoms with van der Waals surface area (Å²) in [6, 6.07) is 19.9. The van der Waals surface area contributed by atoms with Crippen LogP contribution in [0, 0.1) is 0 Å². The minimum Gasteiger partial charge on any atom is -0.367 e. The average Bonchev–Trinajstić information content (AvgIpc) is 3.24. The lowest BCUT2D eigenvalue weighted by Crippen LogP contribution is -2.42. The van der Waals surface area contributed by atoms with Crippen LogP contribution >= 0.6 is 0 Å². The van der Waals surface area contributed by atoms with Crippen LogP contribution in [-0.4, -0.2) is 24.0 Å². The van der Waals surface area contributed by atoms with Crippen molar-refractivity contribution in [2.24, 2.45) is 0 Å². The first-order valence-corrected chi connectivity index (χ1v) is 9.54. The van der Waals surface area contributed by atoms with Gasteiger partial charge in [0.15, 0.2) is 6.10 Å². The number of methoxy groups -OCH3 is 1. The Morgan fingerprint density at radius 2 is 1.78 bits per heavy atom. The molecule has 0 radical (unpaired) electrons. The number of fused-ring (bicyclic) bond motifs is 1. The van der Waals surface area contributed by atoms with E-state index in [0.717, 1.165) is 47.8 Å². The van der Waals surface area contributed by atoms with Crippen molar-refractivity contribution in [1.82, 2.24) is 4.98 Å². The van der Waals surface area contributed by atoms with Gasteiger partial charge in [-0.2, -0.15) is 0 Å². The first kappa shape index (κ1) is 17.7. The molecule has 1 aliphatic rings. The third kappa shape index (κ3) is 3.45. The number of anilines is 1. The van der Waals surface area contributed by atoms with Crippen molar-refractivity contribution < 1.29 is 9.53 Å². The topological polar surface area (TPSA) is 42.4 Å². The molecule has 1 atom stereocenters. The number of rotatable bonds is 5. The number of pyridine rings is 1. The summed E-state index contributed by atoms with van der Waals surface area (Å²) in [7, 11) is 1.60. The molecule has 1 saturated carbocycles. The van der Waals surface area contributed by atoms with Crippen molar-refractivity contribution in [2.75, 3.05) is 12.0 Å². The zero-order valence-corrected chi connectivity index (χ0v) is 15.5. The summed E-state index contributed by atoms with van der Waals surface area (Å²) in [6.45, 7) is 0. The van der Waals surface area contributed by atoms with E-state index in [9.17, 15) is 4.79 Å². The van der Waals surface area contributed by atoms with Crippen molar-refractivity contribution in [2.45, 2.75) is 37.8 Å². The number of nitrogens with zero attached hydrogens (tertiary/aromatic N) is 2. The average molecular weight is 360 g/mol. The largest absolute Gasteiger partial charge is 0.367 e. The lowest BCUT2D eigenvalue weighted by molar-refractivity contribution is -0.129. The van der Waals surface area contributed by atoms with E-state index in [1.165, 1.54) is 0 Å². The Morgan fingerprint density at radius 1 is 1.04 bits per heavy atom. The molecule has 4 heteroatoms. The number of hydrogen-bond acceptors (Lipinski definition) is 3. The van der Waals surface area contributed by atoms with E-state index < -0.39 is 6.10 Å². The highest BCUT2D eigenvalue weighted by Crippen LogP contribution is 2.35. The highest BCUT2D eigenvalue weighted by atomic mass is 16.5. The SMILES string of the molecule is COC(C(=O)N(c1cccc2cccnc12)C1CCCC1)c1ccccc1. The first-order chi connectivity index (χ1) is 13.3. The quantitative estimate of drug-likeness (QED) is 0.650. The molecule has 0 saturated heterocycles. The lowest BCUT2D eigenvalue weighted by Gasteiger charge is -2.32. The number of hydrogen-bond donors (Lipinski definition) is 0. The summed E-state index contributed by atoms with van der Waals surface area (Å²) in [5.74, 6) is -0.0197. The first-order valence-electron chi connectivity index (χ1n) is 9.54. The molecule has 27 heavy (non-hydrogen) atoms. The van der Waals surface area contributed by atoms with Crippen LogP contribution in [0.4, 0.5) is 5.69 Å². The van der Waals surface area contributed by atoms with Crippen LogP contribution < -0.4 is 4.90 Å². The highest BCUT2D eigenvalue weighted by molar-refractivity contribution is 6.04. The third-order valence-corrected chi connectivity index (χ3v) is 5.36. The van der Waals surface area contributed by atoms with Crippen LogP contribution in [0.2, 0.25) is 0 Å². The van der Waals surface area contributed by atoms with Crippen molar-refractivity contribution in [3.05, 3.63) is 72.4 Å². The normalized spacial score (nSPS) is 15.7. The molecule has 138 valence electrons. The Kier molecular flexibility index (Phi) is 5.16. The highest BCUT2D eigenvalue weighted by Gasteiger charge is 2.34. The summed E-state index contributed by atoms with van der Waals surface area (Å²) in [5.41, 5.74) is 2.62. The minimum absolute atomic E-state index is 0.0197. The van der Waals surface area contributed by atoms with Crippen molar-refractivity contribution in [3.63, 3.8) is 0 Å². The molecule has 1 aliphatic carbocycles.